The first-order valence-corrected chi connectivity index (χ1v) is 9.74. The van der Waals surface area contributed by atoms with Crippen molar-refractivity contribution in [3.63, 3.8) is 0 Å². The monoisotopic (exact) mass is 351 g/mol. The zero-order chi connectivity index (χ0) is 18.5. The lowest BCUT2D eigenvalue weighted by molar-refractivity contribution is 0.0697. The van der Waals surface area contributed by atoms with Crippen LogP contribution in [0.2, 0.25) is 0 Å². The van der Waals surface area contributed by atoms with Crippen LogP contribution in [0.5, 0.6) is 0 Å². The summed E-state index contributed by atoms with van der Waals surface area (Å²) in [5.74, 6) is 0.277. The van der Waals surface area contributed by atoms with Crippen LogP contribution in [-0.2, 0) is 12.8 Å². The Morgan fingerprint density at radius 1 is 1.08 bits per heavy atom. The second-order valence-corrected chi connectivity index (χ2v) is 7.30. The molecule has 0 aromatic heterocycles. The molecule has 2 atom stereocenters. The molecule has 3 heteroatoms. The van der Waals surface area contributed by atoms with Crippen molar-refractivity contribution < 1.29 is 9.90 Å². The molecule has 26 heavy (non-hydrogen) atoms. The number of carboxylic acids is 1. The number of benzene rings is 2. The van der Waals surface area contributed by atoms with Gasteiger partial charge >= 0.3 is 5.97 Å². The second kappa shape index (κ2) is 8.50. The molecule has 0 aliphatic heterocycles. The molecule has 0 spiro atoms. The SMILES string of the molecule is CCN(CC)CC1CCc2ccccc2C1Cc1ccc(C(=O)O)cc1. The van der Waals surface area contributed by atoms with Crippen LogP contribution in [-0.4, -0.2) is 35.6 Å². The topological polar surface area (TPSA) is 40.5 Å². The van der Waals surface area contributed by atoms with Gasteiger partial charge in [0.2, 0.25) is 0 Å². The van der Waals surface area contributed by atoms with Crippen LogP contribution in [0.4, 0.5) is 0 Å². The summed E-state index contributed by atoms with van der Waals surface area (Å²) in [6, 6.07) is 16.3. The third-order valence-electron chi connectivity index (χ3n) is 5.85. The van der Waals surface area contributed by atoms with Gasteiger partial charge in [-0.2, -0.15) is 0 Å². The van der Waals surface area contributed by atoms with E-state index in [4.69, 9.17) is 5.11 Å². The van der Waals surface area contributed by atoms with Gasteiger partial charge in [0.1, 0.15) is 0 Å². The van der Waals surface area contributed by atoms with Crippen molar-refractivity contribution >= 4 is 5.97 Å². The molecule has 0 radical (unpaired) electrons. The quantitative estimate of drug-likeness (QED) is 0.791. The van der Waals surface area contributed by atoms with Crippen molar-refractivity contribution in [1.29, 1.82) is 0 Å². The fourth-order valence-corrected chi connectivity index (χ4v) is 4.27. The molecule has 1 aliphatic rings. The van der Waals surface area contributed by atoms with Gasteiger partial charge in [0, 0.05) is 6.54 Å². The highest BCUT2D eigenvalue weighted by Crippen LogP contribution is 2.39. The molecule has 2 unspecified atom stereocenters. The van der Waals surface area contributed by atoms with Crippen LogP contribution in [0.1, 0.15) is 53.2 Å². The van der Waals surface area contributed by atoms with Gasteiger partial charge in [-0.05, 0) is 73.0 Å². The van der Waals surface area contributed by atoms with Gasteiger partial charge in [0.05, 0.1) is 5.56 Å². The van der Waals surface area contributed by atoms with E-state index in [2.05, 4.69) is 43.0 Å². The minimum absolute atomic E-state index is 0.359. The lowest BCUT2D eigenvalue weighted by Crippen LogP contribution is -2.35. The summed E-state index contributed by atoms with van der Waals surface area (Å²) >= 11 is 0. The van der Waals surface area contributed by atoms with Gasteiger partial charge in [0.15, 0.2) is 0 Å². The molecule has 1 N–H and O–H groups in total. The third-order valence-corrected chi connectivity index (χ3v) is 5.85. The maximum atomic E-state index is 11.1. The van der Waals surface area contributed by atoms with Crippen LogP contribution >= 0.6 is 0 Å². The molecule has 138 valence electrons. The molecule has 0 amide bonds. The fourth-order valence-electron chi connectivity index (χ4n) is 4.27. The first-order valence-electron chi connectivity index (χ1n) is 9.74. The summed E-state index contributed by atoms with van der Waals surface area (Å²) in [6.07, 6.45) is 3.37. The van der Waals surface area contributed by atoms with Crippen molar-refractivity contribution in [3.05, 3.63) is 70.8 Å². The highest BCUT2D eigenvalue weighted by molar-refractivity contribution is 5.87. The highest BCUT2D eigenvalue weighted by Gasteiger charge is 2.30. The fraction of sp³-hybridized carbons (Fsp3) is 0.435. The van der Waals surface area contributed by atoms with Crippen LogP contribution in [0.15, 0.2) is 48.5 Å². The zero-order valence-corrected chi connectivity index (χ0v) is 15.8. The number of aryl methyl sites for hydroxylation is 1. The Hall–Kier alpha value is -2.13. The minimum atomic E-state index is -0.862. The Kier molecular flexibility index (Phi) is 6.10. The smallest absolute Gasteiger partial charge is 0.335 e. The van der Waals surface area contributed by atoms with E-state index in [1.165, 1.54) is 23.1 Å². The standard InChI is InChI=1S/C23H29NO2/c1-3-24(4-2)16-20-14-13-18-7-5-6-8-21(18)22(20)15-17-9-11-19(12-10-17)23(25)26/h5-12,20,22H,3-4,13-16H2,1-2H3,(H,25,26). The van der Waals surface area contributed by atoms with E-state index in [0.29, 0.717) is 17.4 Å². The Labute approximate surface area is 156 Å². The summed E-state index contributed by atoms with van der Waals surface area (Å²) in [5, 5.41) is 9.12. The van der Waals surface area contributed by atoms with Crippen LogP contribution in [0, 0.1) is 5.92 Å². The highest BCUT2D eigenvalue weighted by atomic mass is 16.4. The molecule has 0 heterocycles. The average Bonchev–Trinajstić information content (AvgIpc) is 2.67. The van der Waals surface area contributed by atoms with E-state index in [-0.39, 0.29) is 0 Å². The van der Waals surface area contributed by atoms with Crippen molar-refractivity contribution in [2.24, 2.45) is 5.92 Å². The number of carboxylic acid groups (broad SMARTS) is 1. The normalized spacial score (nSPS) is 19.3. The molecule has 0 saturated heterocycles. The van der Waals surface area contributed by atoms with E-state index in [0.717, 1.165) is 32.5 Å². The van der Waals surface area contributed by atoms with Crippen LogP contribution < -0.4 is 0 Å². The van der Waals surface area contributed by atoms with Crippen molar-refractivity contribution in [1.82, 2.24) is 4.90 Å². The molecule has 2 aromatic carbocycles. The minimum Gasteiger partial charge on any atom is -0.478 e. The maximum Gasteiger partial charge on any atom is 0.335 e. The maximum absolute atomic E-state index is 11.1. The molecular weight excluding hydrogens is 322 g/mol. The number of rotatable bonds is 7. The lowest BCUT2D eigenvalue weighted by atomic mass is 9.72. The number of hydrogen-bond acceptors (Lipinski definition) is 2. The molecule has 3 rings (SSSR count). The van der Waals surface area contributed by atoms with E-state index >= 15 is 0 Å². The summed E-state index contributed by atoms with van der Waals surface area (Å²) in [5.41, 5.74) is 4.55. The van der Waals surface area contributed by atoms with Crippen molar-refractivity contribution in [2.75, 3.05) is 19.6 Å². The van der Waals surface area contributed by atoms with Crippen LogP contribution in [0.3, 0.4) is 0 Å². The van der Waals surface area contributed by atoms with Crippen molar-refractivity contribution in [3.8, 4) is 0 Å². The van der Waals surface area contributed by atoms with Gasteiger partial charge < -0.3 is 10.0 Å². The largest absolute Gasteiger partial charge is 0.478 e. The Morgan fingerprint density at radius 2 is 1.77 bits per heavy atom. The molecule has 0 fully saturated rings. The second-order valence-electron chi connectivity index (χ2n) is 7.30. The van der Waals surface area contributed by atoms with E-state index in [1.54, 1.807) is 12.1 Å². The Balaban J connectivity index is 1.86. The van der Waals surface area contributed by atoms with Crippen LogP contribution in [0.25, 0.3) is 0 Å². The molecule has 0 bridgehead atoms. The average molecular weight is 351 g/mol. The third kappa shape index (κ3) is 4.16. The van der Waals surface area contributed by atoms with E-state index in [9.17, 15) is 4.79 Å². The molecular formula is C23H29NO2. The van der Waals surface area contributed by atoms with Crippen molar-refractivity contribution in [2.45, 2.75) is 39.0 Å². The van der Waals surface area contributed by atoms with E-state index in [1.807, 2.05) is 12.1 Å². The Bertz CT molecular complexity index is 734. The van der Waals surface area contributed by atoms with Gasteiger partial charge in [-0.1, -0.05) is 50.2 Å². The number of carbonyl (C=O) groups is 1. The lowest BCUT2D eigenvalue weighted by Gasteiger charge is -2.37. The number of hydrogen-bond donors (Lipinski definition) is 1. The molecule has 3 nitrogen and oxygen atoms in total. The van der Waals surface area contributed by atoms with Gasteiger partial charge in [0.25, 0.3) is 0 Å². The number of nitrogens with zero attached hydrogens (tertiary/aromatic N) is 1. The molecule has 1 aliphatic carbocycles. The Morgan fingerprint density at radius 3 is 2.42 bits per heavy atom. The van der Waals surface area contributed by atoms with Gasteiger partial charge in [-0.15, -0.1) is 0 Å². The predicted octanol–water partition coefficient (Wildman–Crippen LogP) is 4.62. The molecule has 2 aromatic rings. The van der Waals surface area contributed by atoms with Gasteiger partial charge in [-0.3, -0.25) is 0 Å². The predicted molar refractivity (Wildman–Crippen MR) is 106 cm³/mol. The summed E-state index contributed by atoms with van der Waals surface area (Å²) < 4.78 is 0. The summed E-state index contributed by atoms with van der Waals surface area (Å²) in [4.78, 5) is 13.6. The first kappa shape index (κ1) is 18.7. The molecule has 0 saturated carbocycles. The zero-order valence-electron chi connectivity index (χ0n) is 15.8. The van der Waals surface area contributed by atoms with Gasteiger partial charge in [-0.25, -0.2) is 4.79 Å². The first-order chi connectivity index (χ1) is 12.6. The summed E-state index contributed by atoms with van der Waals surface area (Å²) in [7, 11) is 0. The number of fused-ring (bicyclic) bond motifs is 1. The van der Waals surface area contributed by atoms with E-state index < -0.39 is 5.97 Å². The summed E-state index contributed by atoms with van der Waals surface area (Å²) in [6.45, 7) is 7.79. The number of aromatic carboxylic acids is 1.